The third-order valence-corrected chi connectivity index (χ3v) is 5.60. The fraction of sp³-hybridized carbons (Fsp3) is 0.192. The van der Waals surface area contributed by atoms with E-state index in [-0.39, 0.29) is 11.2 Å². The number of pyridine rings is 1. The van der Waals surface area contributed by atoms with Crippen LogP contribution in [0.1, 0.15) is 36.3 Å². The minimum atomic E-state index is -0.0697. The molecule has 2 aromatic carbocycles. The standard InChI is InChI=1S/C26H23N3O/c1-26(2)15-22-20(24(30)16-26)13-14-21(27-22)25-28-23(18-9-5-3-6-10-18)17-29(25)19-11-7-4-8-12-19/h3-14,17H,15-16H2,1-2H3. The average Bonchev–Trinajstić information content (AvgIpc) is 3.19. The van der Waals surface area contributed by atoms with E-state index >= 15 is 0 Å². The number of aromatic nitrogens is 3. The minimum absolute atomic E-state index is 0.0697. The summed E-state index contributed by atoms with van der Waals surface area (Å²) in [5, 5.41) is 0. The fourth-order valence-corrected chi connectivity index (χ4v) is 4.15. The first-order valence-electron chi connectivity index (χ1n) is 10.2. The molecule has 2 aromatic heterocycles. The molecule has 4 heteroatoms. The Morgan fingerprint density at radius 2 is 1.50 bits per heavy atom. The largest absolute Gasteiger partial charge is 0.298 e. The molecule has 30 heavy (non-hydrogen) atoms. The number of rotatable bonds is 3. The number of ketones is 1. The highest BCUT2D eigenvalue weighted by Crippen LogP contribution is 2.35. The summed E-state index contributed by atoms with van der Waals surface area (Å²) in [6, 6.07) is 24.1. The van der Waals surface area contributed by atoms with Gasteiger partial charge in [-0.1, -0.05) is 62.4 Å². The number of hydrogen-bond acceptors (Lipinski definition) is 3. The molecule has 0 unspecified atom stereocenters. The van der Waals surface area contributed by atoms with E-state index in [1.807, 2.05) is 48.5 Å². The molecule has 148 valence electrons. The lowest BCUT2D eigenvalue weighted by molar-refractivity contribution is 0.0910. The Hall–Kier alpha value is -3.53. The highest BCUT2D eigenvalue weighted by Gasteiger charge is 2.32. The molecular formula is C26H23N3O. The van der Waals surface area contributed by atoms with E-state index < -0.39 is 0 Å². The number of imidazole rings is 1. The molecule has 4 aromatic rings. The molecule has 4 nitrogen and oxygen atoms in total. The summed E-state index contributed by atoms with van der Waals surface area (Å²) in [6.07, 6.45) is 3.41. The zero-order valence-electron chi connectivity index (χ0n) is 17.2. The summed E-state index contributed by atoms with van der Waals surface area (Å²) in [4.78, 5) is 22.4. The first-order chi connectivity index (χ1) is 14.5. The average molecular weight is 393 g/mol. The van der Waals surface area contributed by atoms with E-state index in [1.165, 1.54) is 0 Å². The van der Waals surface area contributed by atoms with Crippen LogP contribution in [0.3, 0.4) is 0 Å². The Morgan fingerprint density at radius 1 is 0.800 bits per heavy atom. The van der Waals surface area contributed by atoms with Crippen LogP contribution in [0.5, 0.6) is 0 Å². The second kappa shape index (κ2) is 7.06. The van der Waals surface area contributed by atoms with Crippen molar-refractivity contribution in [2.24, 2.45) is 5.41 Å². The second-order valence-electron chi connectivity index (χ2n) is 8.65. The number of benzene rings is 2. The van der Waals surface area contributed by atoms with Crippen molar-refractivity contribution in [3.05, 3.63) is 90.3 Å². The molecule has 0 amide bonds. The number of carbonyl (C=O) groups excluding carboxylic acids is 1. The number of fused-ring (bicyclic) bond motifs is 1. The van der Waals surface area contributed by atoms with Gasteiger partial charge in [-0.25, -0.2) is 9.97 Å². The third-order valence-electron chi connectivity index (χ3n) is 5.60. The van der Waals surface area contributed by atoms with Crippen LogP contribution < -0.4 is 0 Å². The first-order valence-corrected chi connectivity index (χ1v) is 10.2. The quantitative estimate of drug-likeness (QED) is 0.445. The van der Waals surface area contributed by atoms with Gasteiger partial charge in [-0.3, -0.25) is 9.36 Å². The van der Waals surface area contributed by atoms with E-state index in [9.17, 15) is 4.79 Å². The van der Waals surface area contributed by atoms with E-state index in [2.05, 4.69) is 48.9 Å². The van der Waals surface area contributed by atoms with Crippen LogP contribution in [0.2, 0.25) is 0 Å². The number of hydrogen-bond donors (Lipinski definition) is 0. The van der Waals surface area contributed by atoms with Crippen molar-refractivity contribution < 1.29 is 4.79 Å². The Balaban J connectivity index is 1.67. The SMILES string of the molecule is CC1(C)CC(=O)c2ccc(-c3nc(-c4ccccc4)cn3-c3ccccc3)nc2C1. The van der Waals surface area contributed by atoms with Gasteiger partial charge in [-0.05, 0) is 36.1 Å². The summed E-state index contributed by atoms with van der Waals surface area (Å²) >= 11 is 0. The molecular weight excluding hydrogens is 370 g/mol. The van der Waals surface area contributed by atoms with Gasteiger partial charge in [0.15, 0.2) is 11.6 Å². The molecule has 0 saturated carbocycles. The highest BCUT2D eigenvalue weighted by atomic mass is 16.1. The summed E-state index contributed by atoms with van der Waals surface area (Å²) in [5.74, 6) is 0.954. The van der Waals surface area contributed by atoms with Gasteiger partial charge in [0.05, 0.1) is 11.4 Å². The van der Waals surface area contributed by atoms with Crippen molar-refractivity contribution in [3.63, 3.8) is 0 Å². The maximum absolute atomic E-state index is 12.6. The molecule has 0 saturated heterocycles. The van der Waals surface area contributed by atoms with Gasteiger partial charge >= 0.3 is 0 Å². The van der Waals surface area contributed by atoms with Crippen molar-refractivity contribution in [1.82, 2.24) is 14.5 Å². The molecule has 0 fully saturated rings. The molecule has 0 aliphatic heterocycles. The van der Waals surface area contributed by atoms with Gasteiger partial charge in [0.2, 0.25) is 0 Å². The Morgan fingerprint density at radius 3 is 2.23 bits per heavy atom. The van der Waals surface area contributed by atoms with Crippen LogP contribution in [0.15, 0.2) is 79.0 Å². The zero-order chi connectivity index (χ0) is 20.7. The summed E-state index contributed by atoms with van der Waals surface area (Å²) in [7, 11) is 0. The van der Waals surface area contributed by atoms with Gasteiger partial charge in [0, 0.05) is 29.4 Å². The maximum Gasteiger partial charge on any atom is 0.165 e. The van der Waals surface area contributed by atoms with Gasteiger partial charge in [-0.2, -0.15) is 0 Å². The summed E-state index contributed by atoms with van der Waals surface area (Å²) < 4.78 is 2.08. The van der Waals surface area contributed by atoms with Crippen molar-refractivity contribution in [2.45, 2.75) is 26.7 Å². The molecule has 1 aliphatic carbocycles. The fourth-order valence-electron chi connectivity index (χ4n) is 4.15. The lowest BCUT2D eigenvalue weighted by atomic mass is 9.75. The lowest BCUT2D eigenvalue weighted by Gasteiger charge is -2.29. The predicted octanol–water partition coefficient (Wildman–Crippen LogP) is 5.76. The number of Topliss-reactive ketones (excluding diaryl/α,β-unsaturated/α-hetero) is 1. The van der Waals surface area contributed by atoms with Crippen LogP contribution in [0.4, 0.5) is 0 Å². The Kier molecular flexibility index (Phi) is 4.35. The lowest BCUT2D eigenvalue weighted by Crippen LogP contribution is -2.28. The van der Waals surface area contributed by atoms with E-state index in [0.717, 1.165) is 46.1 Å². The highest BCUT2D eigenvalue weighted by molar-refractivity contribution is 5.98. The van der Waals surface area contributed by atoms with E-state index in [1.54, 1.807) is 0 Å². The molecule has 0 radical (unpaired) electrons. The monoisotopic (exact) mass is 393 g/mol. The zero-order valence-corrected chi connectivity index (χ0v) is 17.2. The topological polar surface area (TPSA) is 47.8 Å². The van der Waals surface area contributed by atoms with Crippen LogP contribution >= 0.6 is 0 Å². The van der Waals surface area contributed by atoms with Gasteiger partial charge < -0.3 is 0 Å². The van der Waals surface area contributed by atoms with E-state index in [0.29, 0.717) is 6.42 Å². The van der Waals surface area contributed by atoms with E-state index in [4.69, 9.17) is 9.97 Å². The summed E-state index contributed by atoms with van der Waals surface area (Å²) in [5.41, 5.74) is 5.31. The van der Waals surface area contributed by atoms with Crippen molar-refractivity contribution in [2.75, 3.05) is 0 Å². The normalized spacial score (nSPS) is 15.1. The first kappa shape index (κ1) is 18.5. The van der Waals surface area contributed by atoms with Crippen molar-refractivity contribution in [3.8, 4) is 28.5 Å². The number of carbonyl (C=O) groups is 1. The van der Waals surface area contributed by atoms with Gasteiger partial charge in [0.25, 0.3) is 0 Å². The molecule has 0 N–H and O–H groups in total. The maximum atomic E-state index is 12.6. The van der Waals surface area contributed by atoms with Crippen LogP contribution in [-0.4, -0.2) is 20.3 Å². The Labute approximate surface area is 176 Å². The Bertz CT molecular complexity index is 1220. The number of nitrogens with zero attached hydrogens (tertiary/aromatic N) is 3. The molecule has 0 atom stereocenters. The minimum Gasteiger partial charge on any atom is -0.298 e. The predicted molar refractivity (Wildman–Crippen MR) is 119 cm³/mol. The molecule has 5 rings (SSSR count). The second-order valence-corrected chi connectivity index (χ2v) is 8.65. The van der Waals surface area contributed by atoms with Crippen molar-refractivity contribution >= 4 is 5.78 Å². The van der Waals surface area contributed by atoms with Gasteiger partial charge in [0.1, 0.15) is 5.69 Å². The van der Waals surface area contributed by atoms with Crippen LogP contribution in [-0.2, 0) is 6.42 Å². The molecule has 0 bridgehead atoms. The third kappa shape index (κ3) is 3.35. The number of para-hydroxylation sites is 1. The smallest absolute Gasteiger partial charge is 0.165 e. The summed E-state index contributed by atoms with van der Waals surface area (Å²) in [6.45, 7) is 4.25. The van der Waals surface area contributed by atoms with Crippen molar-refractivity contribution in [1.29, 1.82) is 0 Å². The van der Waals surface area contributed by atoms with Crippen LogP contribution in [0.25, 0.3) is 28.5 Å². The van der Waals surface area contributed by atoms with Crippen LogP contribution in [0, 0.1) is 5.41 Å². The molecule has 0 spiro atoms. The van der Waals surface area contributed by atoms with Gasteiger partial charge in [-0.15, -0.1) is 0 Å². The molecule has 2 heterocycles. The molecule has 1 aliphatic rings.